The summed E-state index contributed by atoms with van der Waals surface area (Å²) in [6.07, 6.45) is 0.857. The highest BCUT2D eigenvalue weighted by molar-refractivity contribution is 5.90. The van der Waals surface area contributed by atoms with Crippen LogP contribution in [0, 0.1) is 6.92 Å². The molecule has 4 rings (SSSR count). The molecule has 1 aliphatic heterocycles. The van der Waals surface area contributed by atoms with Gasteiger partial charge in [-0.3, -0.25) is 5.10 Å². The van der Waals surface area contributed by atoms with E-state index in [0.717, 1.165) is 29.0 Å². The van der Waals surface area contributed by atoms with Crippen LogP contribution >= 0.6 is 0 Å². The average Bonchev–Trinajstić information content (AvgIpc) is 3.29. The molecule has 26 heavy (non-hydrogen) atoms. The number of H-pyrrole nitrogens is 1. The molecule has 3 aromatic rings. The fraction of sp³-hybridized carbons (Fsp3) is 0.211. The Labute approximate surface area is 150 Å². The van der Waals surface area contributed by atoms with E-state index in [0.29, 0.717) is 18.3 Å². The van der Waals surface area contributed by atoms with Gasteiger partial charge in [-0.05, 0) is 36.2 Å². The summed E-state index contributed by atoms with van der Waals surface area (Å²) in [5.74, 6) is 2.10. The summed E-state index contributed by atoms with van der Waals surface area (Å²) in [5, 5.41) is 12.9. The zero-order valence-electron chi connectivity index (χ0n) is 14.3. The molecule has 0 bridgehead atoms. The molecule has 132 valence electrons. The minimum absolute atomic E-state index is 0.319. The number of rotatable bonds is 4. The number of nitrogens with one attached hydrogen (secondary N) is 3. The van der Waals surface area contributed by atoms with E-state index in [9.17, 15) is 4.79 Å². The first-order valence-electron chi connectivity index (χ1n) is 8.46. The van der Waals surface area contributed by atoms with Gasteiger partial charge in [-0.25, -0.2) is 9.78 Å². The van der Waals surface area contributed by atoms with Gasteiger partial charge < -0.3 is 15.4 Å². The van der Waals surface area contributed by atoms with Crippen LogP contribution in [0.15, 0.2) is 48.5 Å². The number of hydrogen-bond donors (Lipinski definition) is 3. The van der Waals surface area contributed by atoms with Crippen molar-refractivity contribution in [3.05, 3.63) is 71.3 Å². The SMILES string of the molecule is Cc1nc(C(NC(=O)Nc2ccc3c(c2)CCO3)c2ccccc2)n[nH]1. The van der Waals surface area contributed by atoms with E-state index in [1.807, 2.05) is 55.5 Å². The fourth-order valence-corrected chi connectivity index (χ4v) is 2.99. The lowest BCUT2D eigenvalue weighted by atomic mass is 10.1. The molecule has 7 nitrogen and oxygen atoms in total. The van der Waals surface area contributed by atoms with Gasteiger partial charge in [0.15, 0.2) is 5.82 Å². The van der Waals surface area contributed by atoms with E-state index in [2.05, 4.69) is 25.8 Å². The maximum absolute atomic E-state index is 12.6. The van der Waals surface area contributed by atoms with Crippen molar-refractivity contribution in [1.29, 1.82) is 0 Å². The number of fused-ring (bicyclic) bond motifs is 1. The highest BCUT2D eigenvalue weighted by Crippen LogP contribution is 2.28. The minimum Gasteiger partial charge on any atom is -0.493 e. The summed E-state index contributed by atoms with van der Waals surface area (Å²) in [4.78, 5) is 16.9. The molecule has 0 saturated carbocycles. The molecule has 3 N–H and O–H groups in total. The summed E-state index contributed by atoms with van der Waals surface area (Å²) in [6, 6.07) is 14.5. The maximum atomic E-state index is 12.6. The summed E-state index contributed by atoms with van der Waals surface area (Å²) in [5.41, 5.74) is 2.74. The molecule has 2 aromatic carbocycles. The van der Waals surface area contributed by atoms with E-state index in [1.165, 1.54) is 0 Å². The molecular weight excluding hydrogens is 330 g/mol. The van der Waals surface area contributed by atoms with E-state index < -0.39 is 6.04 Å². The van der Waals surface area contributed by atoms with Crippen molar-refractivity contribution in [2.75, 3.05) is 11.9 Å². The fourth-order valence-electron chi connectivity index (χ4n) is 2.99. The highest BCUT2D eigenvalue weighted by Gasteiger charge is 2.21. The Bertz CT molecular complexity index is 923. The van der Waals surface area contributed by atoms with Crippen LogP contribution in [0.4, 0.5) is 10.5 Å². The first-order chi connectivity index (χ1) is 12.7. The van der Waals surface area contributed by atoms with Crippen LogP contribution in [0.3, 0.4) is 0 Å². The number of carbonyl (C=O) groups is 1. The number of benzene rings is 2. The number of hydrogen-bond acceptors (Lipinski definition) is 4. The van der Waals surface area contributed by atoms with E-state index in [-0.39, 0.29) is 6.03 Å². The van der Waals surface area contributed by atoms with E-state index >= 15 is 0 Å². The Morgan fingerprint density at radius 3 is 2.85 bits per heavy atom. The zero-order valence-corrected chi connectivity index (χ0v) is 14.3. The lowest BCUT2D eigenvalue weighted by molar-refractivity contribution is 0.249. The van der Waals surface area contributed by atoms with E-state index in [4.69, 9.17) is 4.74 Å². The molecule has 0 saturated heterocycles. The van der Waals surface area contributed by atoms with Gasteiger partial charge in [0.2, 0.25) is 0 Å². The molecule has 1 aliphatic rings. The van der Waals surface area contributed by atoms with Gasteiger partial charge in [0.05, 0.1) is 6.61 Å². The number of anilines is 1. The second-order valence-electron chi connectivity index (χ2n) is 6.14. The Balaban J connectivity index is 1.53. The van der Waals surface area contributed by atoms with Crippen LogP contribution in [0.1, 0.15) is 28.8 Å². The van der Waals surface area contributed by atoms with Crippen molar-refractivity contribution in [3.63, 3.8) is 0 Å². The monoisotopic (exact) mass is 349 g/mol. The molecule has 0 radical (unpaired) electrons. The van der Waals surface area contributed by atoms with Crippen LogP contribution in [0.25, 0.3) is 0 Å². The minimum atomic E-state index is -0.445. The predicted octanol–water partition coefficient (Wildman–Crippen LogP) is 2.96. The van der Waals surface area contributed by atoms with Crippen LogP contribution in [-0.2, 0) is 6.42 Å². The normalized spacial score (nSPS) is 13.6. The number of aromatic amines is 1. The third-order valence-electron chi connectivity index (χ3n) is 4.23. The van der Waals surface area contributed by atoms with Gasteiger partial charge >= 0.3 is 6.03 Å². The number of aromatic nitrogens is 3. The largest absolute Gasteiger partial charge is 0.493 e. The van der Waals surface area contributed by atoms with Crippen LogP contribution in [0.2, 0.25) is 0 Å². The smallest absolute Gasteiger partial charge is 0.320 e. The molecule has 7 heteroatoms. The molecule has 0 aliphatic carbocycles. The van der Waals surface area contributed by atoms with Crippen molar-refractivity contribution in [2.45, 2.75) is 19.4 Å². The maximum Gasteiger partial charge on any atom is 0.320 e. The Morgan fingerprint density at radius 1 is 1.23 bits per heavy atom. The zero-order chi connectivity index (χ0) is 17.9. The average molecular weight is 349 g/mol. The standard InChI is InChI=1S/C19H19N5O2/c1-12-20-18(24-23-12)17(13-5-3-2-4-6-13)22-19(25)21-15-7-8-16-14(11-15)9-10-26-16/h2-8,11,17H,9-10H2,1H3,(H,20,23,24)(H2,21,22,25). The van der Waals surface area contributed by atoms with Crippen molar-refractivity contribution in [2.24, 2.45) is 0 Å². The van der Waals surface area contributed by atoms with Crippen molar-refractivity contribution >= 4 is 11.7 Å². The van der Waals surface area contributed by atoms with Gasteiger partial charge in [-0.15, -0.1) is 0 Å². The topological polar surface area (TPSA) is 91.9 Å². The van der Waals surface area contributed by atoms with Crippen molar-refractivity contribution < 1.29 is 9.53 Å². The molecule has 0 fully saturated rings. The predicted molar refractivity (Wildman–Crippen MR) is 97.2 cm³/mol. The highest BCUT2D eigenvalue weighted by atomic mass is 16.5. The first kappa shape index (κ1) is 16.1. The lowest BCUT2D eigenvalue weighted by Crippen LogP contribution is -2.33. The first-order valence-corrected chi connectivity index (χ1v) is 8.46. The molecule has 2 heterocycles. The Hall–Kier alpha value is -3.35. The molecule has 2 amide bonds. The quantitative estimate of drug-likeness (QED) is 0.675. The number of ether oxygens (including phenoxy) is 1. The molecule has 0 spiro atoms. The number of amides is 2. The molecule has 1 atom stereocenters. The number of carbonyl (C=O) groups excluding carboxylic acids is 1. The second-order valence-corrected chi connectivity index (χ2v) is 6.14. The van der Waals surface area contributed by atoms with Crippen molar-refractivity contribution in [3.8, 4) is 5.75 Å². The van der Waals surface area contributed by atoms with Gasteiger partial charge in [0.1, 0.15) is 17.6 Å². The van der Waals surface area contributed by atoms with Crippen LogP contribution < -0.4 is 15.4 Å². The summed E-state index contributed by atoms with van der Waals surface area (Å²) < 4.78 is 5.49. The van der Waals surface area contributed by atoms with Gasteiger partial charge in [-0.2, -0.15) is 5.10 Å². The number of urea groups is 1. The van der Waals surface area contributed by atoms with Gasteiger partial charge in [0, 0.05) is 12.1 Å². The lowest BCUT2D eigenvalue weighted by Gasteiger charge is -2.17. The third-order valence-corrected chi connectivity index (χ3v) is 4.23. The van der Waals surface area contributed by atoms with Gasteiger partial charge in [-0.1, -0.05) is 30.3 Å². The Kier molecular flexibility index (Phi) is 4.27. The molecule has 1 unspecified atom stereocenters. The van der Waals surface area contributed by atoms with Crippen LogP contribution in [-0.4, -0.2) is 27.8 Å². The third kappa shape index (κ3) is 3.37. The number of nitrogens with zero attached hydrogens (tertiary/aromatic N) is 2. The van der Waals surface area contributed by atoms with Crippen molar-refractivity contribution in [1.82, 2.24) is 20.5 Å². The second kappa shape index (κ2) is 6.87. The summed E-state index contributed by atoms with van der Waals surface area (Å²) in [7, 11) is 0. The Morgan fingerprint density at radius 2 is 2.08 bits per heavy atom. The molecule has 1 aromatic heterocycles. The van der Waals surface area contributed by atoms with E-state index in [1.54, 1.807) is 0 Å². The van der Waals surface area contributed by atoms with Crippen LogP contribution in [0.5, 0.6) is 5.75 Å². The summed E-state index contributed by atoms with van der Waals surface area (Å²) >= 11 is 0. The van der Waals surface area contributed by atoms with Gasteiger partial charge in [0.25, 0.3) is 0 Å². The number of aryl methyl sites for hydroxylation is 1. The summed E-state index contributed by atoms with van der Waals surface area (Å²) in [6.45, 7) is 2.51. The molecular formula is C19H19N5O2.